The summed E-state index contributed by atoms with van der Waals surface area (Å²) in [6.45, 7) is 3.88. The van der Waals surface area contributed by atoms with Crippen LogP contribution in [0.3, 0.4) is 0 Å². The number of ether oxygens (including phenoxy) is 1. The fourth-order valence-electron chi connectivity index (χ4n) is 3.46. The van der Waals surface area contributed by atoms with Crippen molar-refractivity contribution < 1.29 is 17.9 Å². The van der Waals surface area contributed by atoms with Gasteiger partial charge in [0, 0.05) is 12.6 Å². The van der Waals surface area contributed by atoms with E-state index < -0.39 is 29.0 Å². The highest BCUT2D eigenvalue weighted by atomic mass is 32.1. The molecule has 1 atom stereocenters. The first-order valence-electron chi connectivity index (χ1n) is 9.90. The molecule has 4 rings (SSSR count). The number of aromatic amines is 1. The van der Waals surface area contributed by atoms with E-state index >= 15 is 0 Å². The van der Waals surface area contributed by atoms with Crippen molar-refractivity contribution in [3.63, 3.8) is 0 Å². The number of thiazole rings is 1. The average molecular weight is 480 g/mol. The summed E-state index contributed by atoms with van der Waals surface area (Å²) in [5.74, 6) is 0. The number of H-pyrrole nitrogens is 1. The van der Waals surface area contributed by atoms with Crippen LogP contribution in [0.5, 0.6) is 0 Å². The molecular formula is C19H19F3N8O2S. The van der Waals surface area contributed by atoms with Gasteiger partial charge in [-0.1, -0.05) is 11.3 Å². The van der Waals surface area contributed by atoms with Crippen molar-refractivity contribution in [2.24, 2.45) is 0 Å². The van der Waals surface area contributed by atoms with Crippen LogP contribution in [0.15, 0.2) is 23.3 Å². The van der Waals surface area contributed by atoms with E-state index in [2.05, 4.69) is 31.5 Å². The number of anilines is 2. The lowest BCUT2D eigenvalue weighted by atomic mass is 10.2. The van der Waals surface area contributed by atoms with Crippen molar-refractivity contribution in [3.05, 3.63) is 50.6 Å². The van der Waals surface area contributed by atoms with E-state index in [1.807, 2.05) is 10.7 Å². The van der Waals surface area contributed by atoms with Crippen LogP contribution in [-0.4, -0.2) is 44.2 Å². The second-order valence-electron chi connectivity index (χ2n) is 7.44. The zero-order valence-electron chi connectivity index (χ0n) is 17.4. The fraction of sp³-hybridized carbons (Fsp3) is 0.421. The number of alkyl halides is 3. The molecule has 10 nitrogen and oxygen atoms in total. The molecule has 0 saturated heterocycles. The molecular weight excluding hydrogens is 461 g/mol. The Kier molecular flexibility index (Phi) is 6.34. The molecule has 0 fully saturated rings. The minimum atomic E-state index is -4.81. The summed E-state index contributed by atoms with van der Waals surface area (Å²) >= 11 is 1.34. The first-order chi connectivity index (χ1) is 15.7. The molecule has 0 saturated carbocycles. The summed E-state index contributed by atoms with van der Waals surface area (Å²) in [6, 6.07) is 3.48. The summed E-state index contributed by atoms with van der Waals surface area (Å²) < 4.78 is 47.0. The Morgan fingerprint density at radius 2 is 2.21 bits per heavy atom. The predicted molar refractivity (Wildman–Crippen MR) is 113 cm³/mol. The van der Waals surface area contributed by atoms with E-state index in [-0.39, 0.29) is 13.2 Å². The average Bonchev–Trinajstić information content (AvgIpc) is 3.38. The van der Waals surface area contributed by atoms with Gasteiger partial charge in [-0.2, -0.15) is 28.6 Å². The van der Waals surface area contributed by atoms with Crippen LogP contribution in [0.4, 0.5) is 24.0 Å². The quantitative estimate of drug-likeness (QED) is 0.528. The maximum Gasteiger partial charge on any atom is 0.423 e. The Morgan fingerprint density at radius 1 is 1.39 bits per heavy atom. The summed E-state index contributed by atoms with van der Waals surface area (Å²) in [7, 11) is 0. The standard InChI is InChI=1S/C19H19F3N8O2S/c1-11(26-15-7-25-27-17(31)16(15)19(20,21)22)9-32-10-12-4-13-8-29(2-3-30(13)28-12)18-24-6-14(5-23)33-18/h4,6-7,11H,2-3,8-10H2,1H3,(H2,26,27,31)/t11-/m0/s1. The Balaban J connectivity index is 1.32. The summed E-state index contributed by atoms with van der Waals surface area (Å²) in [4.78, 5) is 18.5. The van der Waals surface area contributed by atoms with Gasteiger partial charge in [-0.05, 0) is 13.0 Å². The first kappa shape index (κ1) is 22.7. The molecule has 33 heavy (non-hydrogen) atoms. The van der Waals surface area contributed by atoms with Gasteiger partial charge < -0.3 is 15.0 Å². The highest BCUT2D eigenvalue weighted by Gasteiger charge is 2.37. The number of nitriles is 1. The molecule has 3 aromatic rings. The minimum absolute atomic E-state index is 0.0917. The van der Waals surface area contributed by atoms with Crippen LogP contribution in [0, 0.1) is 11.3 Å². The van der Waals surface area contributed by atoms with Gasteiger partial charge in [0.1, 0.15) is 16.5 Å². The van der Waals surface area contributed by atoms with Gasteiger partial charge in [-0.15, -0.1) is 0 Å². The molecule has 0 amide bonds. The summed E-state index contributed by atoms with van der Waals surface area (Å²) in [5.41, 5.74) is -1.35. The number of hydrogen-bond acceptors (Lipinski definition) is 9. The first-order valence-corrected chi connectivity index (χ1v) is 10.7. The zero-order valence-corrected chi connectivity index (χ0v) is 18.2. The van der Waals surface area contributed by atoms with Gasteiger partial charge in [0.15, 0.2) is 5.13 Å². The molecule has 174 valence electrons. The van der Waals surface area contributed by atoms with E-state index in [9.17, 15) is 18.0 Å². The SMILES string of the molecule is C[C@@H](COCc1cc2n(n1)CCN(c1ncc(C#N)s1)C2)Nc1cn[nH]c(=O)c1C(F)(F)F. The highest BCUT2D eigenvalue weighted by molar-refractivity contribution is 7.16. The summed E-state index contributed by atoms with van der Waals surface area (Å²) in [6.07, 6.45) is -2.32. The third-order valence-electron chi connectivity index (χ3n) is 4.88. The second-order valence-corrected chi connectivity index (χ2v) is 8.45. The fourth-order valence-corrected chi connectivity index (χ4v) is 4.20. The zero-order chi connectivity index (χ0) is 23.6. The van der Waals surface area contributed by atoms with Gasteiger partial charge in [0.05, 0.1) is 55.8 Å². The van der Waals surface area contributed by atoms with Gasteiger partial charge >= 0.3 is 6.18 Å². The van der Waals surface area contributed by atoms with Crippen molar-refractivity contribution in [3.8, 4) is 6.07 Å². The third-order valence-corrected chi connectivity index (χ3v) is 5.84. The van der Waals surface area contributed by atoms with Crippen LogP contribution in [0.25, 0.3) is 0 Å². The van der Waals surface area contributed by atoms with Crippen molar-refractivity contribution in [1.82, 2.24) is 25.0 Å². The van der Waals surface area contributed by atoms with Gasteiger partial charge in [-0.3, -0.25) is 9.48 Å². The monoisotopic (exact) mass is 480 g/mol. The Labute approximate surface area is 189 Å². The van der Waals surface area contributed by atoms with Crippen LogP contribution in [0.2, 0.25) is 0 Å². The topological polar surface area (TPSA) is 125 Å². The van der Waals surface area contributed by atoms with Crippen molar-refractivity contribution in [2.45, 2.75) is 38.8 Å². The lowest BCUT2D eigenvalue weighted by molar-refractivity contribution is -0.138. The highest BCUT2D eigenvalue weighted by Crippen LogP contribution is 2.31. The molecule has 3 aromatic heterocycles. The normalized spacial score (nSPS) is 14.6. The number of halogens is 3. The molecule has 0 aliphatic carbocycles. The Bertz CT molecular complexity index is 1230. The van der Waals surface area contributed by atoms with E-state index in [0.717, 1.165) is 17.0 Å². The number of nitrogens with zero attached hydrogens (tertiary/aromatic N) is 6. The molecule has 0 aromatic carbocycles. The Hall–Kier alpha value is -3.44. The predicted octanol–water partition coefficient (Wildman–Crippen LogP) is 2.35. The molecule has 0 spiro atoms. The molecule has 4 heterocycles. The van der Waals surface area contributed by atoms with E-state index in [1.54, 1.807) is 18.2 Å². The third kappa shape index (κ3) is 5.15. The number of fused-ring (bicyclic) bond motifs is 1. The van der Waals surface area contributed by atoms with Crippen LogP contribution < -0.4 is 15.8 Å². The second kappa shape index (κ2) is 9.20. The van der Waals surface area contributed by atoms with Crippen LogP contribution in [-0.2, 0) is 30.6 Å². The van der Waals surface area contributed by atoms with Gasteiger partial charge in [0.2, 0.25) is 0 Å². The van der Waals surface area contributed by atoms with Gasteiger partial charge in [0.25, 0.3) is 5.56 Å². The van der Waals surface area contributed by atoms with E-state index in [4.69, 9.17) is 10.00 Å². The molecule has 2 N–H and O–H groups in total. The maximum atomic E-state index is 13.2. The Morgan fingerprint density at radius 3 is 2.94 bits per heavy atom. The van der Waals surface area contributed by atoms with E-state index in [1.165, 1.54) is 11.3 Å². The number of rotatable bonds is 7. The van der Waals surface area contributed by atoms with Crippen molar-refractivity contribution >= 4 is 22.2 Å². The maximum absolute atomic E-state index is 13.2. The number of aromatic nitrogens is 5. The lowest BCUT2D eigenvalue weighted by Gasteiger charge is -2.26. The van der Waals surface area contributed by atoms with Crippen molar-refractivity contribution in [1.29, 1.82) is 5.26 Å². The molecule has 1 aliphatic heterocycles. The molecule has 0 radical (unpaired) electrons. The summed E-state index contributed by atoms with van der Waals surface area (Å²) in [5, 5.41) is 22.1. The van der Waals surface area contributed by atoms with Crippen LogP contribution >= 0.6 is 11.3 Å². The largest absolute Gasteiger partial charge is 0.423 e. The molecule has 0 unspecified atom stereocenters. The van der Waals surface area contributed by atoms with Crippen LogP contribution in [0.1, 0.15) is 28.8 Å². The lowest BCUT2D eigenvalue weighted by Crippen LogP contribution is -2.33. The minimum Gasteiger partial charge on any atom is -0.378 e. The smallest absolute Gasteiger partial charge is 0.378 e. The molecule has 14 heteroatoms. The van der Waals surface area contributed by atoms with E-state index in [0.29, 0.717) is 30.2 Å². The van der Waals surface area contributed by atoms with Crippen molar-refractivity contribution in [2.75, 3.05) is 23.4 Å². The molecule has 0 bridgehead atoms. The van der Waals surface area contributed by atoms with Gasteiger partial charge in [-0.25, -0.2) is 10.1 Å². The number of hydrogen-bond donors (Lipinski definition) is 2. The number of nitrogens with one attached hydrogen (secondary N) is 2. The molecule has 1 aliphatic rings.